The van der Waals surface area contributed by atoms with Crippen molar-refractivity contribution < 1.29 is 13.6 Å². The van der Waals surface area contributed by atoms with Crippen LogP contribution in [0.15, 0.2) is 21.9 Å². The molecule has 2 heterocycles. The van der Waals surface area contributed by atoms with E-state index in [0.29, 0.717) is 17.8 Å². The number of carbonyl (C=O) groups excluding carboxylic acids is 1. The number of nitrogens with one attached hydrogen (secondary N) is 1. The van der Waals surface area contributed by atoms with Crippen LogP contribution in [0.5, 0.6) is 0 Å². The highest BCUT2D eigenvalue weighted by Gasteiger charge is 2.21. The molecule has 24 heavy (non-hydrogen) atoms. The molecule has 0 atom stereocenters. The van der Waals surface area contributed by atoms with E-state index in [4.69, 9.17) is 11.6 Å². The van der Waals surface area contributed by atoms with E-state index in [-0.39, 0.29) is 23.3 Å². The average Bonchev–Trinajstić information content (AvgIpc) is 2.92. The lowest BCUT2D eigenvalue weighted by molar-refractivity contribution is 0.0952. The molecule has 0 spiro atoms. The number of rotatable bonds is 6. The molecular weight excluding hydrogens is 366 g/mol. The number of halogens is 3. The molecule has 2 aromatic rings. The Morgan fingerprint density at radius 1 is 1.46 bits per heavy atom. The summed E-state index contributed by atoms with van der Waals surface area (Å²) >= 11 is 6.06. The molecule has 0 radical (unpaired) electrons. The van der Waals surface area contributed by atoms with E-state index in [0.717, 1.165) is 4.57 Å². The van der Waals surface area contributed by atoms with E-state index in [9.17, 15) is 23.2 Å². The Kier molecular flexibility index (Phi) is 5.84. The van der Waals surface area contributed by atoms with E-state index in [1.54, 1.807) is 0 Å². The van der Waals surface area contributed by atoms with Gasteiger partial charge in [-0.15, -0.1) is 11.3 Å². The summed E-state index contributed by atoms with van der Waals surface area (Å²) in [6.07, 6.45) is -1.11. The molecule has 0 saturated heterocycles. The molecule has 2 rings (SSSR count). The number of nitrogens with zero attached hydrogens (tertiary/aromatic N) is 3. The molecule has 130 valence electrons. The third-order valence-corrected chi connectivity index (χ3v) is 4.55. The van der Waals surface area contributed by atoms with Crippen LogP contribution >= 0.6 is 22.9 Å². The molecule has 0 fully saturated rings. The lowest BCUT2D eigenvalue weighted by Crippen LogP contribution is -2.38. The van der Waals surface area contributed by atoms with Gasteiger partial charge in [0.05, 0.1) is 0 Å². The van der Waals surface area contributed by atoms with Crippen molar-refractivity contribution in [3.63, 3.8) is 0 Å². The zero-order chi connectivity index (χ0) is 17.9. The van der Waals surface area contributed by atoms with Gasteiger partial charge >= 0.3 is 5.69 Å². The minimum absolute atomic E-state index is 0.119. The van der Waals surface area contributed by atoms with E-state index in [1.165, 1.54) is 23.9 Å². The third-order valence-electron chi connectivity index (χ3n) is 3.09. The van der Waals surface area contributed by atoms with Crippen LogP contribution in [-0.2, 0) is 13.6 Å². The summed E-state index contributed by atoms with van der Waals surface area (Å²) in [7, 11) is 1.52. The highest BCUT2D eigenvalue weighted by molar-refractivity contribution is 7.14. The first-order chi connectivity index (χ1) is 11.3. The van der Waals surface area contributed by atoms with Crippen LogP contribution in [0, 0.1) is 0 Å². The lowest BCUT2D eigenvalue weighted by atomic mass is 10.4. The maximum atomic E-state index is 12.6. The Labute approximate surface area is 143 Å². The monoisotopic (exact) mass is 378 g/mol. The summed E-state index contributed by atoms with van der Waals surface area (Å²) in [6.45, 7) is 0.262. The number of alkyl halides is 2. The number of carbonyl (C=O) groups is 1. The van der Waals surface area contributed by atoms with Crippen LogP contribution in [0.4, 0.5) is 8.78 Å². The van der Waals surface area contributed by atoms with E-state index >= 15 is 0 Å². The number of aryl methyl sites for hydroxylation is 1. The largest absolute Gasteiger partial charge is 0.350 e. The smallest absolute Gasteiger partial charge is 0.330 e. The van der Waals surface area contributed by atoms with Gasteiger partial charge in [0.15, 0.2) is 5.01 Å². The van der Waals surface area contributed by atoms with Crippen LogP contribution in [0.1, 0.15) is 27.5 Å². The molecule has 0 saturated carbocycles. The molecule has 2 aromatic heterocycles. The Bertz CT molecular complexity index is 862. The van der Waals surface area contributed by atoms with Gasteiger partial charge in [0.2, 0.25) is 0 Å². The first kappa shape index (κ1) is 18.3. The van der Waals surface area contributed by atoms with Crippen LogP contribution in [0.2, 0.25) is 5.15 Å². The molecule has 0 aromatic carbocycles. The lowest BCUT2D eigenvalue weighted by Gasteiger charge is -2.07. The standard InChI is InChI=1S/C13H13ClF2N4O3S/c1-19-6-3-7(21)20(13(19)23)5-2-4-17-11(22)12-18-9(14)8(24-12)10(15)16/h3,6,10H,2,4-5H2,1H3,(H,17,22). The number of aromatic nitrogens is 3. The van der Waals surface area contributed by atoms with Gasteiger partial charge in [-0.3, -0.25) is 14.2 Å². The minimum atomic E-state index is -2.79. The minimum Gasteiger partial charge on any atom is -0.350 e. The predicted molar refractivity (Wildman–Crippen MR) is 85.0 cm³/mol. The van der Waals surface area contributed by atoms with Crippen molar-refractivity contribution in [2.75, 3.05) is 6.54 Å². The van der Waals surface area contributed by atoms with Gasteiger partial charge in [-0.2, -0.15) is 0 Å². The summed E-state index contributed by atoms with van der Waals surface area (Å²) in [6, 6.07) is 1.27. The normalized spacial score (nSPS) is 11.0. The molecule has 0 aliphatic rings. The molecule has 0 aliphatic carbocycles. The first-order valence-electron chi connectivity index (χ1n) is 6.80. The Morgan fingerprint density at radius 3 is 2.79 bits per heavy atom. The molecule has 0 unspecified atom stereocenters. The topological polar surface area (TPSA) is 86.0 Å². The Morgan fingerprint density at radius 2 is 2.17 bits per heavy atom. The molecule has 0 bridgehead atoms. The van der Waals surface area contributed by atoms with Gasteiger partial charge in [-0.05, 0) is 6.42 Å². The maximum absolute atomic E-state index is 12.6. The maximum Gasteiger partial charge on any atom is 0.330 e. The first-order valence-corrected chi connectivity index (χ1v) is 7.99. The number of amides is 1. The second-order valence-corrected chi connectivity index (χ2v) is 6.17. The second kappa shape index (κ2) is 7.67. The van der Waals surface area contributed by atoms with Crippen molar-refractivity contribution in [3.05, 3.63) is 48.1 Å². The van der Waals surface area contributed by atoms with Gasteiger partial charge in [-0.25, -0.2) is 18.6 Å². The molecule has 0 aliphatic heterocycles. The van der Waals surface area contributed by atoms with Gasteiger partial charge < -0.3 is 9.88 Å². The molecule has 1 amide bonds. The van der Waals surface area contributed by atoms with Crippen molar-refractivity contribution >= 4 is 28.8 Å². The Balaban J connectivity index is 1.92. The summed E-state index contributed by atoms with van der Waals surface area (Å²) in [5.74, 6) is -0.637. The van der Waals surface area contributed by atoms with Crippen molar-refractivity contribution in [1.29, 1.82) is 0 Å². The highest BCUT2D eigenvalue weighted by Crippen LogP contribution is 2.32. The van der Waals surface area contributed by atoms with Gasteiger partial charge in [0.1, 0.15) is 10.0 Å². The fraction of sp³-hybridized carbons (Fsp3) is 0.385. The fourth-order valence-corrected chi connectivity index (χ4v) is 2.94. The van der Waals surface area contributed by atoms with E-state index in [1.807, 2.05) is 0 Å². The van der Waals surface area contributed by atoms with Crippen molar-refractivity contribution in [1.82, 2.24) is 19.4 Å². The number of hydrogen-bond acceptors (Lipinski definition) is 5. The fourth-order valence-electron chi connectivity index (χ4n) is 1.88. The summed E-state index contributed by atoms with van der Waals surface area (Å²) in [4.78, 5) is 38.4. The van der Waals surface area contributed by atoms with E-state index in [2.05, 4.69) is 10.3 Å². The van der Waals surface area contributed by atoms with Crippen LogP contribution in [0.25, 0.3) is 0 Å². The summed E-state index contributed by atoms with van der Waals surface area (Å²) in [5.41, 5.74) is -0.889. The molecule has 1 N–H and O–H groups in total. The summed E-state index contributed by atoms with van der Waals surface area (Å²) in [5, 5.41) is 1.93. The van der Waals surface area contributed by atoms with Crippen molar-refractivity contribution in [2.24, 2.45) is 7.05 Å². The second-order valence-electron chi connectivity index (χ2n) is 4.78. The SMILES string of the molecule is Cn1ccc(=O)n(CCCNC(=O)c2nc(Cl)c(C(F)F)s2)c1=O. The van der Waals surface area contributed by atoms with Crippen LogP contribution < -0.4 is 16.6 Å². The molecule has 7 nitrogen and oxygen atoms in total. The van der Waals surface area contributed by atoms with Gasteiger partial charge in [0, 0.05) is 32.4 Å². The Hall–Kier alpha value is -2.07. The quantitative estimate of drug-likeness (QED) is 0.770. The highest BCUT2D eigenvalue weighted by atomic mass is 35.5. The predicted octanol–water partition coefficient (Wildman–Crippen LogP) is 1.41. The van der Waals surface area contributed by atoms with E-state index < -0.39 is 28.5 Å². The number of thiazole rings is 1. The van der Waals surface area contributed by atoms with Crippen molar-refractivity contribution in [3.8, 4) is 0 Å². The number of hydrogen-bond donors (Lipinski definition) is 1. The molecular formula is C13H13ClF2N4O3S. The average molecular weight is 379 g/mol. The third kappa shape index (κ3) is 4.06. The zero-order valence-corrected chi connectivity index (χ0v) is 14.0. The van der Waals surface area contributed by atoms with Crippen molar-refractivity contribution in [2.45, 2.75) is 19.4 Å². The van der Waals surface area contributed by atoms with Gasteiger partial charge in [-0.1, -0.05) is 11.6 Å². The van der Waals surface area contributed by atoms with Crippen LogP contribution in [0.3, 0.4) is 0 Å². The van der Waals surface area contributed by atoms with Crippen LogP contribution in [-0.4, -0.2) is 26.6 Å². The van der Waals surface area contributed by atoms with Gasteiger partial charge in [0.25, 0.3) is 17.9 Å². The zero-order valence-electron chi connectivity index (χ0n) is 12.5. The molecule has 11 heteroatoms. The summed E-state index contributed by atoms with van der Waals surface area (Å²) < 4.78 is 27.5.